The monoisotopic (exact) mass is 1340 g/mol. The first-order chi connectivity index (χ1) is 47.3. The molecular weight excluding hydrogens is 1260 g/mol. The van der Waals surface area contributed by atoms with Gasteiger partial charge in [0.2, 0.25) is 23.6 Å². The molecule has 5 heterocycles. The number of carbonyl (C=O) groups excluding carboxylic acids is 9. The second-order valence-electron chi connectivity index (χ2n) is 24.5. The van der Waals surface area contributed by atoms with Crippen LogP contribution in [0.4, 0.5) is 21.0 Å². The fourth-order valence-electron chi connectivity index (χ4n) is 12.0. The molecule has 5 aliphatic heterocycles. The van der Waals surface area contributed by atoms with Crippen LogP contribution in [0.1, 0.15) is 121 Å². The molecule has 9 amide bonds. The minimum absolute atomic E-state index is 0.00247. The number of ether oxygens (including phenoxy) is 7. The standard InChI is InChI=1S/C72H80N10O16/c1-42(2)66(79-64(84)22-27-95-28-24-80-65(85)29-43(3)68(80)87)57(83)30-47(9-7-23-74-71(73)90)67(86)77-52-16-10-44(11-17-52)41-98-72(91)78-53-18-12-45(13-19-53)50-33-62-75-37-48-31-60(58(93-5)35-55(48)69(88)81(62)39-50)96-25-8-26-97-61-32-49-38-76-63-34-51(46-14-20-54(92-4)21-15-46)40-82(63)70(89)56(49)36-59(61)94-6/h10-21,31-32,35-40,42-43,47,62-63,66H,7-9,22-30,33-34,41H2,1-6H3,(H,77,86)(H,78,91)(H,79,84)(H3,73,74,90)/t43?,47-,62-,63-,66+/m1/s1. The lowest BCUT2D eigenvalue weighted by molar-refractivity contribution is -0.140. The van der Waals surface area contributed by atoms with E-state index in [9.17, 15) is 43.2 Å². The molecule has 514 valence electrons. The third-order valence-electron chi connectivity index (χ3n) is 17.3. The first-order valence-electron chi connectivity index (χ1n) is 32.5. The molecule has 5 aliphatic rings. The van der Waals surface area contributed by atoms with Gasteiger partial charge in [-0.2, -0.15) is 0 Å². The van der Waals surface area contributed by atoms with Gasteiger partial charge in [0.25, 0.3) is 11.8 Å². The number of Topliss-reactive ketones (excluding diaryl/α,β-unsaturated/α-hetero) is 1. The van der Waals surface area contributed by atoms with Crippen molar-refractivity contribution in [3.63, 3.8) is 0 Å². The zero-order chi connectivity index (χ0) is 69.6. The number of benzene rings is 5. The summed E-state index contributed by atoms with van der Waals surface area (Å²) in [6.45, 7) is 5.96. The fraction of sp³-hybridized carbons (Fsp3) is 0.375. The summed E-state index contributed by atoms with van der Waals surface area (Å²) in [4.78, 5) is 131. The van der Waals surface area contributed by atoms with Crippen molar-refractivity contribution in [1.29, 1.82) is 0 Å². The second kappa shape index (κ2) is 32.2. The van der Waals surface area contributed by atoms with Crippen molar-refractivity contribution < 1.29 is 76.3 Å². The van der Waals surface area contributed by atoms with Gasteiger partial charge < -0.3 is 54.8 Å². The van der Waals surface area contributed by atoms with Crippen LogP contribution in [0.2, 0.25) is 0 Å². The Labute approximate surface area is 566 Å². The average molecular weight is 1340 g/mol. The molecule has 0 saturated carbocycles. The van der Waals surface area contributed by atoms with E-state index < -0.39 is 42.1 Å². The maximum atomic E-state index is 14.2. The number of primary amides is 1. The molecule has 5 aromatic carbocycles. The Morgan fingerprint density at radius 1 is 0.653 bits per heavy atom. The van der Waals surface area contributed by atoms with Crippen molar-refractivity contribution in [2.24, 2.45) is 33.5 Å². The first kappa shape index (κ1) is 69.9. The number of hydrogen-bond donors (Lipinski definition) is 5. The lowest BCUT2D eigenvalue weighted by atomic mass is 9.89. The van der Waals surface area contributed by atoms with Gasteiger partial charge in [-0.1, -0.05) is 57.2 Å². The van der Waals surface area contributed by atoms with E-state index in [1.165, 1.54) is 14.2 Å². The van der Waals surface area contributed by atoms with Crippen LogP contribution >= 0.6 is 0 Å². The molecule has 0 radical (unpaired) electrons. The zero-order valence-electron chi connectivity index (χ0n) is 55.5. The van der Waals surface area contributed by atoms with E-state index in [0.717, 1.165) is 32.9 Å². The number of hydrogen-bond acceptors (Lipinski definition) is 18. The zero-order valence-corrected chi connectivity index (χ0v) is 55.5. The number of ketones is 1. The minimum Gasteiger partial charge on any atom is -0.497 e. The number of amides is 9. The molecule has 0 aromatic heterocycles. The molecule has 1 saturated heterocycles. The molecule has 0 aliphatic carbocycles. The van der Waals surface area contributed by atoms with Gasteiger partial charge in [-0.25, -0.2) is 9.59 Å². The Balaban J connectivity index is 0.664. The van der Waals surface area contributed by atoms with Crippen LogP contribution in [0.5, 0.6) is 28.7 Å². The van der Waals surface area contributed by atoms with Crippen LogP contribution in [-0.4, -0.2) is 160 Å². The van der Waals surface area contributed by atoms with E-state index in [0.29, 0.717) is 87.9 Å². The number of rotatable bonds is 31. The number of fused-ring (bicyclic) bond motifs is 4. The summed E-state index contributed by atoms with van der Waals surface area (Å²) in [6, 6.07) is 26.6. The quantitative estimate of drug-likeness (QED) is 0.0205. The van der Waals surface area contributed by atoms with Gasteiger partial charge in [-0.15, -0.1) is 0 Å². The van der Waals surface area contributed by atoms with Crippen molar-refractivity contribution in [1.82, 2.24) is 25.3 Å². The van der Waals surface area contributed by atoms with E-state index in [1.807, 2.05) is 42.6 Å². The van der Waals surface area contributed by atoms with E-state index in [2.05, 4.69) is 21.3 Å². The van der Waals surface area contributed by atoms with Gasteiger partial charge in [0.1, 0.15) is 24.7 Å². The lowest BCUT2D eigenvalue weighted by Crippen LogP contribution is -2.46. The Kier molecular flexibility index (Phi) is 23.0. The predicted molar refractivity (Wildman–Crippen MR) is 363 cm³/mol. The number of nitrogens with zero attached hydrogens (tertiary/aromatic N) is 5. The van der Waals surface area contributed by atoms with Crippen LogP contribution < -0.4 is 50.7 Å². The highest BCUT2D eigenvalue weighted by Crippen LogP contribution is 2.40. The third-order valence-corrected chi connectivity index (χ3v) is 17.3. The van der Waals surface area contributed by atoms with Gasteiger partial charge >= 0.3 is 12.1 Å². The molecule has 26 nitrogen and oxygen atoms in total. The molecule has 0 spiro atoms. The number of imide groups is 1. The molecule has 6 N–H and O–H groups in total. The Morgan fingerprint density at radius 3 is 1.74 bits per heavy atom. The topological polar surface area (TPSA) is 327 Å². The molecule has 98 heavy (non-hydrogen) atoms. The Morgan fingerprint density at radius 2 is 1.21 bits per heavy atom. The summed E-state index contributed by atoms with van der Waals surface area (Å²) in [5.41, 5.74) is 12.4. The second-order valence-corrected chi connectivity index (χ2v) is 24.5. The third kappa shape index (κ3) is 17.2. The normalized spacial score (nSPS) is 17.3. The lowest BCUT2D eigenvalue weighted by Gasteiger charge is -2.24. The van der Waals surface area contributed by atoms with E-state index in [-0.39, 0.29) is 119 Å². The highest BCUT2D eigenvalue weighted by Gasteiger charge is 2.38. The number of methoxy groups -OCH3 is 3. The summed E-state index contributed by atoms with van der Waals surface area (Å²) in [5.74, 6) is -1.37. The SMILES string of the molecule is COc1ccc(C2=CN3C(=O)c4cc(OC)c(OCCCOc5cc6c(cc5OC)C(=O)N5C=C(c7ccc(NC(=O)OCc8ccc(NC(=O)[C@H](CCCNC(N)=O)CC(=O)[C@@H](NC(=O)CCOCCN9C(=O)CC(C)C9=O)C(C)C)cc8)cc7)C[C@@H]5N=C6)cc4C=N[C@H]3C2)cc1. The molecule has 1 unspecified atom stereocenters. The molecule has 5 atom stereocenters. The molecule has 26 heteroatoms. The van der Waals surface area contributed by atoms with E-state index in [1.54, 1.807) is 117 Å². The summed E-state index contributed by atoms with van der Waals surface area (Å²) in [6.07, 6.45) is 7.28. The molecular formula is C72H80N10O16. The van der Waals surface area contributed by atoms with Gasteiger partial charge in [-0.05, 0) is 107 Å². The highest BCUT2D eigenvalue weighted by atomic mass is 16.5. The average Bonchev–Trinajstić information content (AvgIpc) is 1.62. The first-order valence-corrected chi connectivity index (χ1v) is 32.5. The molecule has 5 aromatic rings. The smallest absolute Gasteiger partial charge is 0.411 e. The molecule has 1 fully saturated rings. The van der Waals surface area contributed by atoms with Crippen LogP contribution in [-0.2, 0) is 40.1 Å². The van der Waals surface area contributed by atoms with Crippen molar-refractivity contribution in [2.75, 3.05) is 71.5 Å². The Bertz CT molecular complexity index is 3960. The number of nitrogens with one attached hydrogen (secondary N) is 4. The minimum atomic E-state index is -0.914. The van der Waals surface area contributed by atoms with Crippen LogP contribution in [0.3, 0.4) is 0 Å². The molecule has 0 bridgehead atoms. The number of likely N-dealkylation sites (tertiary alicyclic amines) is 1. The number of anilines is 2. The van der Waals surface area contributed by atoms with Gasteiger partial charge in [-0.3, -0.25) is 63.6 Å². The summed E-state index contributed by atoms with van der Waals surface area (Å²) in [7, 11) is 4.65. The summed E-state index contributed by atoms with van der Waals surface area (Å²) in [5, 5.41) is 10.8. The van der Waals surface area contributed by atoms with Gasteiger partial charge in [0.05, 0.1) is 71.5 Å². The fourth-order valence-corrected chi connectivity index (χ4v) is 12.0. The van der Waals surface area contributed by atoms with Crippen molar-refractivity contribution in [3.8, 4) is 28.7 Å². The summed E-state index contributed by atoms with van der Waals surface area (Å²) < 4.78 is 40.1. The number of carbonyl (C=O) groups is 9. The van der Waals surface area contributed by atoms with E-state index in [4.69, 9.17) is 48.9 Å². The van der Waals surface area contributed by atoms with Crippen LogP contribution in [0.15, 0.2) is 119 Å². The van der Waals surface area contributed by atoms with Crippen molar-refractivity contribution >= 4 is 88.3 Å². The number of aliphatic imine (C=N–C) groups is 2. The Hall–Kier alpha value is -10.9. The van der Waals surface area contributed by atoms with E-state index >= 15 is 0 Å². The predicted octanol–water partition coefficient (Wildman–Crippen LogP) is 8.51. The number of nitrogens with two attached hydrogens (primary N) is 1. The van der Waals surface area contributed by atoms with Gasteiger partial charge in [0.15, 0.2) is 28.8 Å². The van der Waals surface area contributed by atoms with Crippen molar-refractivity contribution in [3.05, 3.63) is 148 Å². The van der Waals surface area contributed by atoms with Crippen molar-refractivity contribution in [2.45, 2.75) is 97.1 Å². The summed E-state index contributed by atoms with van der Waals surface area (Å²) >= 11 is 0. The maximum absolute atomic E-state index is 14.2. The molecule has 10 rings (SSSR count). The van der Waals surface area contributed by atoms with Crippen LogP contribution in [0, 0.1) is 17.8 Å². The largest absolute Gasteiger partial charge is 0.497 e. The van der Waals surface area contributed by atoms with Crippen LogP contribution in [0.25, 0.3) is 11.1 Å². The maximum Gasteiger partial charge on any atom is 0.411 e. The van der Waals surface area contributed by atoms with Gasteiger partial charge in [0, 0.05) is 104 Å². The highest BCUT2D eigenvalue weighted by molar-refractivity contribution is 6.07. The number of urea groups is 1.